The van der Waals surface area contributed by atoms with Crippen molar-refractivity contribution in [1.29, 1.82) is 0 Å². The molecule has 1 unspecified atom stereocenters. The Balaban J connectivity index is 1.51. The molecule has 0 aliphatic carbocycles. The highest BCUT2D eigenvalue weighted by molar-refractivity contribution is 6.30. The molecule has 2 aliphatic rings. The van der Waals surface area contributed by atoms with Gasteiger partial charge in [-0.05, 0) is 76.2 Å². The predicted molar refractivity (Wildman–Crippen MR) is 137 cm³/mol. The number of likely N-dealkylation sites (tertiary alicyclic amines) is 1. The monoisotopic (exact) mass is 507 g/mol. The Kier molecular flexibility index (Phi) is 5.61. The van der Waals surface area contributed by atoms with Crippen molar-refractivity contribution in [3.8, 4) is 11.1 Å². The summed E-state index contributed by atoms with van der Waals surface area (Å²) in [6.07, 6.45) is 2.00. The highest BCUT2D eigenvalue weighted by atomic mass is 35.5. The summed E-state index contributed by atoms with van der Waals surface area (Å²) >= 11 is 5.92. The molecule has 186 valence electrons. The lowest BCUT2D eigenvalue weighted by atomic mass is 10.0. The largest absolute Gasteiger partial charge is 0.361 e. The molecule has 36 heavy (non-hydrogen) atoms. The van der Waals surface area contributed by atoms with Gasteiger partial charge in [0.15, 0.2) is 0 Å². The van der Waals surface area contributed by atoms with E-state index in [1.54, 1.807) is 11.0 Å². The van der Waals surface area contributed by atoms with E-state index in [4.69, 9.17) is 21.1 Å². The first kappa shape index (κ1) is 23.2. The van der Waals surface area contributed by atoms with Gasteiger partial charge in [0.1, 0.15) is 17.4 Å². The van der Waals surface area contributed by atoms with Crippen LogP contribution in [0.2, 0.25) is 5.02 Å². The van der Waals surface area contributed by atoms with E-state index < -0.39 is 5.82 Å². The van der Waals surface area contributed by atoms with Gasteiger partial charge in [-0.1, -0.05) is 22.8 Å². The summed E-state index contributed by atoms with van der Waals surface area (Å²) in [7, 11) is 2.12. The number of aryl methyl sites for hydroxylation is 2. The molecule has 0 bridgehead atoms. The van der Waals surface area contributed by atoms with Crippen LogP contribution in [0.5, 0.6) is 0 Å². The molecule has 2 atom stereocenters. The van der Waals surface area contributed by atoms with Crippen molar-refractivity contribution < 1.29 is 13.7 Å². The number of carbonyl (C=O) groups is 1. The summed E-state index contributed by atoms with van der Waals surface area (Å²) in [5.74, 6) is 1.02. The number of aromatic nitrogens is 3. The molecule has 2 aromatic carbocycles. The van der Waals surface area contributed by atoms with Gasteiger partial charge in [-0.3, -0.25) is 4.79 Å². The number of nitrogens with zero attached hydrogens (tertiary/aromatic N) is 5. The second kappa shape index (κ2) is 8.71. The second-order valence-corrected chi connectivity index (χ2v) is 10.3. The lowest BCUT2D eigenvalue weighted by molar-refractivity contribution is -0.117. The normalized spacial score (nSPS) is 20.8. The Hall–Kier alpha value is -3.23. The first-order chi connectivity index (χ1) is 17.3. The van der Waals surface area contributed by atoms with Gasteiger partial charge in [-0.15, -0.1) is 0 Å². The molecule has 1 amide bonds. The van der Waals surface area contributed by atoms with Crippen LogP contribution in [-0.2, 0) is 4.79 Å². The molecule has 2 aliphatic heterocycles. The highest BCUT2D eigenvalue weighted by Gasteiger charge is 2.38. The second-order valence-electron chi connectivity index (χ2n) is 9.86. The lowest BCUT2D eigenvalue weighted by Gasteiger charge is -2.27. The Morgan fingerprint density at radius 2 is 1.97 bits per heavy atom. The Bertz CT molecular complexity index is 1480. The third-order valence-corrected chi connectivity index (χ3v) is 7.77. The van der Waals surface area contributed by atoms with Gasteiger partial charge in [-0.2, -0.15) is 0 Å². The molecule has 0 spiro atoms. The van der Waals surface area contributed by atoms with E-state index >= 15 is 0 Å². The number of anilines is 1. The van der Waals surface area contributed by atoms with Gasteiger partial charge >= 0.3 is 0 Å². The zero-order chi connectivity index (χ0) is 25.1. The summed E-state index contributed by atoms with van der Waals surface area (Å²) in [5.41, 5.74) is 5.20. The SMILES string of the molecule is Cc1noc(C)c1-c1ccc2c(c1)nc([C@@H]1CCC(=O)N1c1ccc(Cl)c(F)c1)n2C1CCN(C)C1. The molecule has 4 heterocycles. The minimum atomic E-state index is -0.539. The number of benzene rings is 2. The quantitative estimate of drug-likeness (QED) is 0.347. The number of amides is 1. The van der Waals surface area contributed by atoms with Crippen molar-refractivity contribution >= 4 is 34.2 Å². The molecule has 2 fully saturated rings. The number of hydrogen-bond acceptors (Lipinski definition) is 5. The first-order valence-corrected chi connectivity index (χ1v) is 12.6. The Labute approximate surface area is 213 Å². The molecule has 0 radical (unpaired) electrons. The van der Waals surface area contributed by atoms with Crippen LogP contribution in [0.25, 0.3) is 22.2 Å². The van der Waals surface area contributed by atoms with Crippen LogP contribution in [0.3, 0.4) is 0 Å². The molecule has 2 saturated heterocycles. The maximum Gasteiger partial charge on any atom is 0.227 e. The maximum absolute atomic E-state index is 14.4. The predicted octanol–water partition coefficient (Wildman–Crippen LogP) is 5.85. The standard InChI is InChI=1S/C27H27ClFN5O2/c1-15-26(16(2)36-31-15)17-4-7-23-22(12-17)30-27(34(23)19-10-11-32(3)14-19)24-8-9-25(35)33(24)18-5-6-20(28)21(29)13-18/h4-7,12-13,19,24H,8-11,14H2,1-3H3/t19?,24-/m0/s1. The Morgan fingerprint density at radius 1 is 1.14 bits per heavy atom. The van der Waals surface area contributed by atoms with E-state index in [-0.39, 0.29) is 23.0 Å². The van der Waals surface area contributed by atoms with Crippen LogP contribution < -0.4 is 4.90 Å². The molecule has 7 nitrogen and oxygen atoms in total. The van der Waals surface area contributed by atoms with E-state index in [0.717, 1.165) is 58.9 Å². The number of halogens is 2. The zero-order valence-corrected chi connectivity index (χ0v) is 21.2. The third-order valence-electron chi connectivity index (χ3n) is 7.46. The summed E-state index contributed by atoms with van der Waals surface area (Å²) in [4.78, 5) is 22.2. The topological polar surface area (TPSA) is 67.4 Å². The molecule has 0 N–H and O–H groups in total. The maximum atomic E-state index is 14.4. The van der Waals surface area contributed by atoms with Crippen molar-refractivity contribution in [1.82, 2.24) is 19.6 Å². The number of carbonyl (C=O) groups excluding carboxylic acids is 1. The molecular weight excluding hydrogens is 481 g/mol. The van der Waals surface area contributed by atoms with Crippen molar-refractivity contribution in [3.63, 3.8) is 0 Å². The molecule has 4 aromatic rings. The fourth-order valence-electron chi connectivity index (χ4n) is 5.80. The average Bonchev–Trinajstić information content (AvgIpc) is 3.61. The number of rotatable bonds is 4. The highest BCUT2D eigenvalue weighted by Crippen LogP contribution is 2.41. The molecule has 0 saturated carbocycles. The van der Waals surface area contributed by atoms with E-state index in [0.29, 0.717) is 18.5 Å². The van der Waals surface area contributed by atoms with Crippen LogP contribution in [0.4, 0.5) is 10.1 Å². The minimum absolute atomic E-state index is 0.0371. The van der Waals surface area contributed by atoms with Crippen molar-refractivity contribution in [3.05, 3.63) is 64.5 Å². The minimum Gasteiger partial charge on any atom is -0.361 e. The van der Waals surface area contributed by atoms with Gasteiger partial charge in [0.2, 0.25) is 5.91 Å². The lowest BCUT2D eigenvalue weighted by Crippen LogP contribution is -2.30. The average molecular weight is 508 g/mol. The van der Waals surface area contributed by atoms with Crippen LogP contribution >= 0.6 is 11.6 Å². The van der Waals surface area contributed by atoms with Gasteiger partial charge < -0.3 is 18.9 Å². The number of imidazole rings is 1. The van der Waals surface area contributed by atoms with Crippen LogP contribution in [-0.4, -0.2) is 45.7 Å². The van der Waals surface area contributed by atoms with Crippen LogP contribution in [0.15, 0.2) is 40.9 Å². The van der Waals surface area contributed by atoms with Gasteiger partial charge in [0, 0.05) is 30.3 Å². The fraction of sp³-hybridized carbons (Fsp3) is 0.370. The van der Waals surface area contributed by atoms with E-state index in [1.165, 1.54) is 12.1 Å². The number of fused-ring (bicyclic) bond motifs is 1. The smallest absolute Gasteiger partial charge is 0.227 e. The number of likely N-dealkylation sites (N-methyl/N-ethyl adjacent to an activating group) is 1. The van der Waals surface area contributed by atoms with Gasteiger partial charge in [0.05, 0.1) is 27.8 Å². The van der Waals surface area contributed by atoms with Crippen molar-refractivity contribution in [2.24, 2.45) is 0 Å². The summed E-state index contributed by atoms with van der Waals surface area (Å²) in [6.45, 7) is 5.74. The summed E-state index contributed by atoms with van der Waals surface area (Å²) in [6, 6.07) is 10.7. The Morgan fingerprint density at radius 3 is 2.67 bits per heavy atom. The molecule has 2 aromatic heterocycles. The van der Waals surface area contributed by atoms with Crippen molar-refractivity contribution in [2.75, 3.05) is 25.0 Å². The first-order valence-electron chi connectivity index (χ1n) is 12.2. The van der Waals surface area contributed by atoms with Gasteiger partial charge in [-0.25, -0.2) is 9.37 Å². The zero-order valence-electron chi connectivity index (χ0n) is 20.5. The summed E-state index contributed by atoms with van der Waals surface area (Å²) < 4.78 is 22.1. The van der Waals surface area contributed by atoms with E-state index in [1.807, 2.05) is 13.8 Å². The van der Waals surface area contributed by atoms with Crippen molar-refractivity contribution in [2.45, 2.75) is 45.2 Å². The van der Waals surface area contributed by atoms with Crippen LogP contribution in [0, 0.1) is 19.7 Å². The molecule has 9 heteroatoms. The summed E-state index contributed by atoms with van der Waals surface area (Å²) in [5, 5.41) is 4.14. The molecular formula is C27H27ClFN5O2. The van der Waals surface area contributed by atoms with Crippen LogP contribution in [0.1, 0.15) is 48.6 Å². The number of hydrogen-bond donors (Lipinski definition) is 0. The van der Waals surface area contributed by atoms with E-state index in [2.05, 4.69) is 39.9 Å². The fourth-order valence-corrected chi connectivity index (χ4v) is 5.91. The van der Waals surface area contributed by atoms with Gasteiger partial charge in [0.25, 0.3) is 0 Å². The molecule has 6 rings (SSSR count). The van der Waals surface area contributed by atoms with E-state index in [9.17, 15) is 9.18 Å². The third kappa shape index (κ3) is 3.71.